The predicted octanol–water partition coefficient (Wildman–Crippen LogP) is 2.46. The smallest absolute Gasteiger partial charge is 0.237 e. The molecule has 7 heteroatoms. The first kappa shape index (κ1) is 18.2. The normalized spacial score (nSPS) is 22.3. The van der Waals surface area contributed by atoms with Gasteiger partial charge in [0.05, 0.1) is 18.6 Å². The summed E-state index contributed by atoms with van der Waals surface area (Å²) in [6.07, 6.45) is 2.08. The Kier molecular flexibility index (Phi) is 5.04. The van der Waals surface area contributed by atoms with Crippen molar-refractivity contribution in [3.8, 4) is 5.75 Å². The maximum absolute atomic E-state index is 5.70. The molecule has 2 fully saturated rings. The Hall–Kier alpha value is -1.63. The Morgan fingerprint density at radius 3 is 2.84 bits per heavy atom. The van der Waals surface area contributed by atoms with Crippen molar-refractivity contribution in [1.82, 2.24) is 20.4 Å². The summed E-state index contributed by atoms with van der Waals surface area (Å²) in [5.74, 6) is 2.43. The molecule has 1 unspecified atom stereocenters. The maximum Gasteiger partial charge on any atom is 0.237 e. The standard InChI is InChI=1S/C18H24N4O2.ClH/c1-12-4-5-13(10-15(12)23-3)18(6-7-18)17-20-16(21-24-17)14-11-19-8-9-22(14)2;/h4-5,10,14,19H,6-9,11H2,1-3H3;1H. The molecule has 1 aromatic heterocycles. The van der Waals surface area contributed by atoms with Crippen molar-refractivity contribution in [2.24, 2.45) is 0 Å². The minimum atomic E-state index is -0.132. The van der Waals surface area contributed by atoms with E-state index in [1.54, 1.807) is 7.11 Å². The number of nitrogens with zero attached hydrogens (tertiary/aromatic N) is 3. The number of hydrogen-bond acceptors (Lipinski definition) is 6. The van der Waals surface area contributed by atoms with Crippen LogP contribution in [0.5, 0.6) is 5.75 Å². The van der Waals surface area contributed by atoms with Crippen molar-refractivity contribution < 1.29 is 9.26 Å². The number of aryl methyl sites for hydroxylation is 1. The van der Waals surface area contributed by atoms with Gasteiger partial charge in [0, 0.05) is 19.6 Å². The molecule has 1 aromatic carbocycles. The number of aromatic nitrogens is 2. The maximum atomic E-state index is 5.70. The zero-order valence-electron chi connectivity index (χ0n) is 14.9. The zero-order valence-corrected chi connectivity index (χ0v) is 15.7. The van der Waals surface area contributed by atoms with Crippen LogP contribution in [0.4, 0.5) is 0 Å². The van der Waals surface area contributed by atoms with Gasteiger partial charge >= 0.3 is 0 Å². The Bertz CT molecular complexity index is 744. The monoisotopic (exact) mass is 364 g/mol. The number of piperazine rings is 1. The van der Waals surface area contributed by atoms with Gasteiger partial charge in [0.2, 0.25) is 5.89 Å². The van der Waals surface area contributed by atoms with Crippen LogP contribution in [0.1, 0.15) is 41.7 Å². The van der Waals surface area contributed by atoms with Crippen LogP contribution in [0.3, 0.4) is 0 Å². The van der Waals surface area contributed by atoms with Gasteiger partial charge in [-0.05, 0) is 44.0 Å². The highest BCUT2D eigenvalue weighted by Crippen LogP contribution is 2.53. The van der Waals surface area contributed by atoms with E-state index in [2.05, 4.69) is 47.5 Å². The molecule has 2 aliphatic rings. The number of benzene rings is 1. The van der Waals surface area contributed by atoms with E-state index in [1.807, 2.05) is 0 Å². The number of hydrogen-bond donors (Lipinski definition) is 1. The van der Waals surface area contributed by atoms with Gasteiger partial charge in [-0.15, -0.1) is 12.4 Å². The molecule has 25 heavy (non-hydrogen) atoms. The third kappa shape index (κ3) is 3.14. The molecular weight excluding hydrogens is 340 g/mol. The molecule has 1 aliphatic heterocycles. The van der Waals surface area contributed by atoms with Crippen LogP contribution < -0.4 is 10.1 Å². The summed E-state index contributed by atoms with van der Waals surface area (Å²) in [6.45, 7) is 4.92. The van der Waals surface area contributed by atoms with E-state index in [4.69, 9.17) is 14.2 Å². The highest BCUT2D eigenvalue weighted by molar-refractivity contribution is 5.85. The summed E-state index contributed by atoms with van der Waals surface area (Å²) in [6, 6.07) is 6.55. The number of rotatable bonds is 4. The van der Waals surface area contributed by atoms with Crippen LogP contribution in [-0.4, -0.2) is 48.8 Å². The van der Waals surface area contributed by atoms with Gasteiger partial charge in [0.1, 0.15) is 5.75 Å². The number of methoxy groups -OCH3 is 1. The molecule has 0 radical (unpaired) electrons. The van der Waals surface area contributed by atoms with Crippen LogP contribution in [0.15, 0.2) is 22.7 Å². The van der Waals surface area contributed by atoms with Gasteiger partial charge in [-0.3, -0.25) is 4.90 Å². The number of nitrogens with one attached hydrogen (secondary N) is 1. The molecule has 2 heterocycles. The van der Waals surface area contributed by atoms with E-state index in [-0.39, 0.29) is 23.9 Å². The number of halogens is 1. The summed E-state index contributed by atoms with van der Waals surface area (Å²) in [4.78, 5) is 7.05. The van der Waals surface area contributed by atoms with Gasteiger partial charge in [-0.2, -0.15) is 4.98 Å². The van der Waals surface area contributed by atoms with E-state index >= 15 is 0 Å². The molecule has 1 aliphatic carbocycles. The lowest BCUT2D eigenvalue weighted by Gasteiger charge is -2.30. The van der Waals surface area contributed by atoms with Crippen molar-refractivity contribution in [2.75, 3.05) is 33.8 Å². The first-order valence-corrected chi connectivity index (χ1v) is 8.54. The lowest BCUT2D eigenvalue weighted by atomic mass is 9.94. The van der Waals surface area contributed by atoms with Gasteiger partial charge in [0.25, 0.3) is 0 Å². The molecule has 1 saturated carbocycles. The lowest BCUT2D eigenvalue weighted by molar-refractivity contribution is 0.190. The first-order chi connectivity index (χ1) is 11.6. The number of likely N-dealkylation sites (N-methyl/N-ethyl adjacent to an activating group) is 1. The van der Waals surface area contributed by atoms with Crippen LogP contribution >= 0.6 is 12.4 Å². The van der Waals surface area contributed by atoms with E-state index in [9.17, 15) is 0 Å². The quantitative estimate of drug-likeness (QED) is 0.899. The molecule has 1 atom stereocenters. The third-order valence-electron chi connectivity index (χ3n) is 5.37. The van der Waals surface area contributed by atoms with Gasteiger partial charge < -0.3 is 14.6 Å². The molecule has 4 rings (SSSR count). The second-order valence-electron chi connectivity index (χ2n) is 6.92. The second-order valence-corrected chi connectivity index (χ2v) is 6.92. The second kappa shape index (κ2) is 6.94. The van der Waals surface area contributed by atoms with E-state index in [1.165, 1.54) is 5.56 Å². The van der Waals surface area contributed by atoms with Crippen LogP contribution in [-0.2, 0) is 5.41 Å². The molecular formula is C18H25ClN4O2. The summed E-state index contributed by atoms with van der Waals surface area (Å²) >= 11 is 0. The molecule has 1 saturated heterocycles. The summed E-state index contributed by atoms with van der Waals surface area (Å²) in [7, 11) is 3.82. The molecule has 2 aromatic rings. The highest BCUT2D eigenvalue weighted by Gasteiger charge is 2.51. The van der Waals surface area contributed by atoms with Gasteiger partial charge in [-0.1, -0.05) is 17.3 Å². The topological polar surface area (TPSA) is 63.4 Å². The minimum absolute atomic E-state index is 0. The van der Waals surface area contributed by atoms with E-state index < -0.39 is 0 Å². The van der Waals surface area contributed by atoms with Crippen molar-refractivity contribution in [3.63, 3.8) is 0 Å². The molecule has 0 bridgehead atoms. The molecule has 0 spiro atoms. The predicted molar refractivity (Wildman–Crippen MR) is 97.5 cm³/mol. The Balaban J connectivity index is 0.00000182. The fourth-order valence-corrected chi connectivity index (χ4v) is 3.53. The fraction of sp³-hybridized carbons (Fsp3) is 0.556. The largest absolute Gasteiger partial charge is 0.496 e. The molecule has 1 N–H and O–H groups in total. The highest BCUT2D eigenvalue weighted by atomic mass is 35.5. The minimum Gasteiger partial charge on any atom is -0.496 e. The van der Waals surface area contributed by atoms with E-state index in [0.717, 1.165) is 55.5 Å². The SMILES string of the molecule is COc1cc(C2(c3nc(C4CNCCN4C)no3)CC2)ccc1C.Cl. The Morgan fingerprint density at radius 1 is 1.36 bits per heavy atom. The van der Waals surface area contributed by atoms with Crippen molar-refractivity contribution in [2.45, 2.75) is 31.2 Å². The first-order valence-electron chi connectivity index (χ1n) is 8.54. The molecule has 136 valence electrons. The van der Waals surface area contributed by atoms with Gasteiger partial charge in [0.15, 0.2) is 5.82 Å². The van der Waals surface area contributed by atoms with Crippen LogP contribution in [0.25, 0.3) is 0 Å². The van der Waals surface area contributed by atoms with Gasteiger partial charge in [-0.25, -0.2) is 0 Å². The Morgan fingerprint density at radius 2 is 2.16 bits per heavy atom. The van der Waals surface area contributed by atoms with Crippen molar-refractivity contribution in [1.29, 1.82) is 0 Å². The molecule has 0 amide bonds. The van der Waals surface area contributed by atoms with Crippen LogP contribution in [0, 0.1) is 6.92 Å². The van der Waals surface area contributed by atoms with Crippen molar-refractivity contribution >= 4 is 12.4 Å². The summed E-state index contributed by atoms with van der Waals surface area (Å²) in [5, 5.41) is 7.68. The van der Waals surface area contributed by atoms with E-state index in [0.29, 0.717) is 0 Å². The fourth-order valence-electron chi connectivity index (χ4n) is 3.53. The average molecular weight is 365 g/mol. The molecule has 6 nitrogen and oxygen atoms in total. The number of ether oxygens (including phenoxy) is 1. The summed E-state index contributed by atoms with van der Waals surface area (Å²) < 4.78 is 11.2. The summed E-state index contributed by atoms with van der Waals surface area (Å²) in [5.41, 5.74) is 2.21. The third-order valence-corrected chi connectivity index (χ3v) is 5.37. The van der Waals surface area contributed by atoms with Crippen molar-refractivity contribution in [3.05, 3.63) is 41.0 Å². The average Bonchev–Trinajstić information content (AvgIpc) is 3.26. The lowest BCUT2D eigenvalue weighted by Crippen LogP contribution is -2.44. The zero-order chi connectivity index (χ0) is 16.7. The van der Waals surface area contributed by atoms with Crippen LogP contribution in [0.2, 0.25) is 0 Å². The Labute approximate surface area is 154 Å².